The van der Waals surface area contributed by atoms with Gasteiger partial charge in [-0.15, -0.1) is 0 Å². The van der Waals surface area contributed by atoms with Gasteiger partial charge >= 0.3 is 6.01 Å². The first-order valence-electron chi connectivity index (χ1n) is 11.4. The smallest absolute Gasteiger partial charge is 0.320 e. The van der Waals surface area contributed by atoms with Crippen LogP contribution < -0.4 is 19.8 Å². The van der Waals surface area contributed by atoms with Crippen LogP contribution in [0.25, 0.3) is 0 Å². The van der Waals surface area contributed by atoms with E-state index in [9.17, 15) is 5.21 Å². The molecule has 0 aliphatic rings. The molecule has 8 heteroatoms. The normalized spacial score (nSPS) is 11.0. The standard InChI is InChI=1S/C25H32N6O2/c1-4-13-30(14-5-2)24-18-23(29-26-19-21-10-8-9-20(3)17-21)27-25(28-24)33-16-12-22-11-6-7-15-31(22)32/h6-11,15,17-19H,4-5,12-14,16H2,1-3H3,(H,27,28,29)/b26-19+. The number of hydrogen-bond acceptors (Lipinski definition) is 7. The summed E-state index contributed by atoms with van der Waals surface area (Å²) in [5.41, 5.74) is 5.81. The second kappa shape index (κ2) is 12.4. The van der Waals surface area contributed by atoms with Crippen molar-refractivity contribution in [3.05, 3.63) is 76.8 Å². The minimum atomic E-state index is 0.256. The fraction of sp³-hybridized carbons (Fsp3) is 0.360. The van der Waals surface area contributed by atoms with Crippen molar-refractivity contribution in [1.82, 2.24) is 9.97 Å². The first-order valence-corrected chi connectivity index (χ1v) is 11.4. The molecular formula is C25H32N6O2. The van der Waals surface area contributed by atoms with Gasteiger partial charge in [0.1, 0.15) is 12.4 Å². The second-order valence-electron chi connectivity index (χ2n) is 7.78. The number of nitrogens with zero attached hydrogens (tertiary/aromatic N) is 5. The Morgan fingerprint density at radius 2 is 1.91 bits per heavy atom. The summed E-state index contributed by atoms with van der Waals surface area (Å²) in [6, 6.07) is 15.6. The summed E-state index contributed by atoms with van der Waals surface area (Å²) in [5.74, 6) is 1.34. The largest absolute Gasteiger partial charge is 0.619 e. The van der Waals surface area contributed by atoms with Crippen LogP contribution in [0.4, 0.5) is 11.6 Å². The number of ether oxygens (including phenoxy) is 1. The average molecular weight is 449 g/mol. The van der Waals surface area contributed by atoms with Gasteiger partial charge in [-0.2, -0.15) is 19.8 Å². The van der Waals surface area contributed by atoms with Gasteiger partial charge in [0.05, 0.1) is 12.6 Å². The minimum absolute atomic E-state index is 0.256. The number of benzene rings is 1. The Balaban J connectivity index is 1.76. The Morgan fingerprint density at radius 3 is 2.64 bits per heavy atom. The van der Waals surface area contributed by atoms with Crippen LogP contribution in [0.3, 0.4) is 0 Å². The molecule has 0 atom stereocenters. The van der Waals surface area contributed by atoms with Crippen molar-refractivity contribution in [2.75, 3.05) is 30.0 Å². The Bertz CT molecular complexity index is 1050. The Morgan fingerprint density at radius 1 is 1.09 bits per heavy atom. The molecule has 0 amide bonds. The summed E-state index contributed by atoms with van der Waals surface area (Å²) < 4.78 is 6.69. The highest BCUT2D eigenvalue weighted by Crippen LogP contribution is 2.20. The lowest BCUT2D eigenvalue weighted by molar-refractivity contribution is -0.614. The van der Waals surface area contributed by atoms with Crippen molar-refractivity contribution in [3.63, 3.8) is 0 Å². The summed E-state index contributed by atoms with van der Waals surface area (Å²) in [6.45, 7) is 8.40. The number of nitrogens with one attached hydrogen (secondary N) is 1. The van der Waals surface area contributed by atoms with E-state index in [1.807, 2.05) is 37.3 Å². The molecule has 0 aliphatic carbocycles. The first-order chi connectivity index (χ1) is 16.1. The number of hydrogen-bond donors (Lipinski definition) is 1. The number of hydrazone groups is 1. The molecular weight excluding hydrogens is 416 g/mol. The third-order valence-corrected chi connectivity index (χ3v) is 4.93. The molecule has 0 bridgehead atoms. The molecule has 0 radical (unpaired) electrons. The zero-order chi connectivity index (χ0) is 23.5. The van der Waals surface area contributed by atoms with Crippen LogP contribution in [0, 0.1) is 12.1 Å². The van der Waals surface area contributed by atoms with Gasteiger partial charge in [0.15, 0.2) is 17.7 Å². The maximum absolute atomic E-state index is 11.9. The van der Waals surface area contributed by atoms with E-state index in [1.165, 1.54) is 11.8 Å². The lowest BCUT2D eigenvalue weighted by Gasteiger charge is -2.23. The molecule has 3 rings (SSSR count). The predicted molar refractivity (Wildman–Crippen MR) is 132 cm³/mol. The van der Waals surface area contributed by atoms with Crippen molar-refractivity contribution < 1.29 is 9.47 Å². The van der Waals surface area contributed by atoms with Gasteiger partial charge in [-0.1, -0.05) is 49.7 Å². The van der Waals surface area contributed by atoms with Crippen LogP contribution in [0.1, 0.15) is 43.5 Å². The van der Waals surface area contributed by atoms with Crippen LogP contribution >= 0.6 is 0 Å². The molecule has 1 N–H and O–H groups in total. The van der Waals surface area contributed by atoms with Gasteiger partial charge in [0.2, 0.25) is 0 Å². The molecule has 2 aromatic heterocycles. The average Bonchev–Trinajstić information content (AvgIpc) is 2.80. The summed E-state index contributed by atoms with van der Waals surface area (Å²) in [4.78, 5) is 11.3. The summed E-state index contributed by atoms with van der Waals surface area (Å²) in [5, 5.41) is 16.2. The molecule has 8 nitrogen and oxygen atoms in total. The Hall–Kier alpha value is -3.68. The number of aryl methyl sites for hydroxylation is 1. The van der Waals surface area contributed by atoms with Gasteiger partial charge in [0, 0.05) is 31.3 Å². The van der Waals surface area contributed by atoms with E-state index in [0.29, 0.717) is 24.5 Å². The van der Waals surface area contributed by atoms with Crippen LogP contribution in [0.2, 0.25) is 0 Å². The first kappa shape index (κ1) is 24.0. The van der Waals surface area contributed by atoms with Crippen LogP contribution in [0.15, 0.2) is 59.8 Å². The highest BCUT2D eigenvalue weighted by molar-refractivity contribution is 5.80. The lowest BCUT2D eigenvalue weighted by Crippen LogP contribution is -2.31. The second-order valence-corrected chi connectivity index (χ2v) is 7.78. The fourth-order valence-corrected chi connectivity index (χ4v) is 3.40. The maximum Gasteiger partial charge on any atom is 0.320 e. The molecule has 174 valence electrons. The highest BCUT2D eigenvalue weighted by atomic mass is 16.5. The molecule has 0 aliphatic heterocycles. The number of anilines is 2. The van der Waals surface area contributed by atoms with Gasteiger partial charge < -0.3 is 14.8 Å². The fourth-order valence-electron chi connectivity index (χ4n) is 3.40. The Labute approximate surface area is 195 Å². The van der Waals surface area contributed by atoms with E-state index in [-0.39, 0.29) is 6.01 Å². The molecule has 2 heterocycles. The van der Waals surface area contributed by atoms with E-state index in [2.05, 4.69) is 45.3 Å². The summed E-state index contributed by atoms with van der Waals surface area (Å²) in [6.07, 6.45) is 5.71. The third kappa shape index (κ3) is 7.45. The monoisotopic (exact) mass is 448 g/mol. The van der Waals surface area contributed by atoms with E-state index < -0.39 is 0 Å². The number of aromatic nitrogens is 3. The van der Waals surface area contributed by atoms with Gasteiger partial charge in [-0.05, 0) is 25.3 Å². The Kier molecular flexibility index (Phi) is 8.99. The molecule has 0 spiro atoms. The van der Waals surface area contributed by atoms with Crippen molar-refractivity contribution in [1.29, 1.82) is 0 Å². The minimum Gasteiger partial charge on any atom is -0.619 e. The SMILES string of the molecule is CCCN(CCC)c1cc(N/N=C/c2cccc(C)c2)nc(OCCc2cccc[n+]2[O-])n1. The quantitative estimate of drug-likeness (QED) is 0.194. The van der Waals surface area contributed by atoms with Gasteiger partial charge in [-0.3, -0.25) is 5.43 Å². The summed E-state index contributed by atoms with van der Waals surface area (Å²) in [7, 11) is 0. The van der Waals surface area contributed by atoms with Gasteiger partial charge in [-0.25, -0.2) is 0 Å². The molecule has 33 heavy (non-hydrogen) atoms. The van der Waals surface area contributed by atoms with E-state index in [4.69, 9.17) is 4.74 Å². The molecule has 3 aromatic rings. The molecule has 0 saturated heterocycles. The van der Waals surface area contributed by atoms with Crippen molar-refractivity contribution in [2.45, 2.75) is 40.0 Å². The summed E-state index contributed by atoms with van der Waals surface area (Å²) >= 11 is 0. The molecule has 0 unspecified atom stereocenters. The van der Waals surface area contributed by atoms with E-state index >= 15 is 0 Å². The van der Waals surface area contributed by atoms with E-state index in [1.54, 1.807) is 18.3 Å². The van der Waals surface area contributed by atoms with Crippen molar-refractivity contribution in [2.24, 2.45) is 5.10 Å². The third-order valence-electron chi connectivity index (χ3n) is 4.93. The van der Waals surface area contributed by atoms with E-state index in [0.717, 1.165) is 42.0 Å². The number of rotatable bonds is 12. The predicted octanol–water partition coefficient (Wildman–Crippen LogP) is 4.11. The number of pyridine rings is 1. The molecule has 0 saturated carbocycles. The topological polar surface area (TPSA) is 89.6 Å². The van der Waals surface area contributed by atoms with Crippen molar-refractivity contribution >= 4 is 17.9 Å². The van der Waals surface area contributed by atoms with Crippen LogP contribution in [-0.4, -0.2) is 35.9 Å². The highest BCUT2D eigenvalue weighted by Gasteiger charge is 2.12. The zero-order valence-electron chi connectivity index (χ0n) is 19.6. The molecule has 1 aromatic carbocycles. The van der Waals surface area contributed by atoms with Crippen LogP contribution in [-0.2, 0) is 6.42 Å². The van der Waals surface area contributed by atoms with Crippen LogP contribution in [0.5, 0.6) is 6.01 Å². The molecule has 0 fully saturated rings. The lowest BCUT2D eigenvalue weighted by atomic mass is 10.2. The zero-order valence-corrected chi connectivity index (χ0v) is 19.6. The van der Waals surface area contributed by atoms with Crippen molar-refractivity contribution in [3.8, 4) is 6.01 Å². The maximum atomic E-state index is 11.9. The van der Waals surface area contributed by atoms with Gasteiger partial charge in [0.25, 0.3) is 0 Å².